The summed E-state index contributed by atoms with van der Waals surface area (Å²) >= 11 is 0. The van der Waals surface area contributed by atoms with E-state index >= 15 is 0 Å². The summed E-state index contributed by atoms with van der Waals surface area (Å²) in [6, 6.07) is 56.0. The fraction of sp³-hybridized carbons (Fsp3) is 0.224. The van der Waals surface area contributed by atoms with Gasteiger partial charge in [-0.05, 0) is 97.6 Å². The maximum absolute atomic E-state index is 5.55. The van der Waals surface area contributed by atoms with Crippen molar-refractivity contribution in [2.75, 3.05) is 4.90 Å². The summed E-state index contributed by atoms with van der Waals surface area (Å²) in [5, 5.41) is 0. The first-order valence-corrected chi connectivity index (χ1v) is 22.2. The highest BCUT2D eigenvalue weighted by molar-refractivity contribution is 5.94. The second-order valence-corrected chi connectivity index (χ2v) is 20.1. The number of hydrogen-bond donors (Lipinski definition) is 0. The van der Waals surface area contributed by atoms with Gasteiger partial charge in [-0.3, -0.25) is 0 Å². The zero-order valence-electron chi connectivity index (χ0n) is 36.8. The van der Waals surface area contributed by atoms with Gasteiger partial charge in [0, 0.05) is 44.3 Å². The van der Waals surface area contributed by atoms with Crippen LogP contribution in [0.1, 0.15) is 123 Å². The van der Waals surface area contributed by atoms with E-state index in [4.69, 9.17) is 15.0 Å². The quantitative estimate of drug-likeness (QED) is 0.178. The molecule has 2 aliphatic carbocycles. The molecule has 0 bridgehead atoms. The first-order chi connectivity index (χ1) is 29.8. The molecule has 7 aromatic carbocycles. The fourth-order valence-electron chi connectivity index (χ4n) is 11.9. The van der Waals surface area contributed by atoms with Crippen molar-refractivity contribution in [3.63, 3.8) is 0 Å². The van der Waals surface area contributed by atoms with Crippen LogP contribution in [0.15, 0.2) is 152 Å². The molecule has 0 radical (unpaired) electrons. The van der Waals surface area contributed by atoms with Gasteiger partial charge in [0.1, 0.15) is 0 Å². The molecule has 302 valence electrons. The highest BCUT2D eigenvalue weighted by Gasteiger charge is 2.48. The molecule has 62 heavy (non-hydrogen) atoms. The Hall–Kier alpha value is -6.65. The van der Waals surface area contributed by atoms with Gasteiger partial charge < -0.3 is 4.90 Å². The lowest BCUT2D eigenvalue weighted by Gasteiger charge is -2.49. The largest absolute Gasteiger partial charge is 0.309 e. The average Bonchev–Trinajstić information content (AvgIpc) is 3.28. The zero-order chi connectivity index (χ0) is 42.5. The van der Waals surface area contributed by atoms with Gasteiger partial charge in [-0.15, -0.1) is 0 Å². The van der Waals surface area contributed by atoms with Crippen molar-refractivity contribution < 1.29 is 0 Å². The Morgan fingerprint density at radius 3 is 1.18 bits per heavy atom. The van der Waals surface area contributed by atoms with Crippen LogP contribution < -0.4 is 4.90 Å². The summed E-state index contributed by atoms with van der Waals surface area (Å²) in [6.07, 6.45) is 0. The lowest BCUT2D eigenvalue weighted by atomic mass is 9.55. The second-order valence-electron chi connectivity index (χ2n) is 20.1. The number of hydrogen-bond acceptors (Lipinski definition) is 4. The highest BCUT2D eigenvalue weighted by Crippen LogP contribution is 2.61. The molecular weight excluding hydrogens is 753 g/mol. The van der Waals surface area contributed by atoms with Crippen molar-refractivity contribution in [1.82, 2.24) is 15.0 Å². The van der Waals surface area contributed by atoms with Gasteiger partial charge >= 0.3 is 0 Å². The normalized spacial score (nSPS) is 17.5. The molecule has 0 fully saturated rings. The minimum atomic E-state index is -0.283. The Morgan fingerprint density at radius 1 is 0.355 bits per heavy atom. The van der Waals surface area contributed by atoms with E-state index in [-0.39, 0.29) is 27.6 Å². The molecule has 2 aliphatic heterocycles. The number of fused-ring (bicyclic) bond motifs is 8. The molecule has 0 saturated heterocycles. The Labute approximate surface area is 365 Å². The Morgan fingerprint density at radius 2 is 0.710 bits per heavy atom. The first kappa shape index (κ1) is 37.1. The van der Waals surface area contributed by atoms with E-state index in [1.165, 1.54) is 78.3 Å². The third kappa shape index (κ3) is 4.87. The van der Waals surface area contributed by atoms with Crippen molar-refractivity contribution in [1.29, 1.82) is 0 Å². The molecule has 3 heterocycles. The number of benzene rings is 7. The molecule has 0 atom stereocenters. The topological polar surface area (TPSA) is 41.9 Å². The van der Waals surface area contributed by atoms with Crippen LogP contribution in [0, 0.1) is 0 Å². The third-order valence-corrected chi connectivity index (χ3v) is 15.2. The van der Waals surface area contributed by atoms with Crippen LogP contribution in [0.2, 0.25) is 0 Å². The monoisotopic (exact) mass is 802 g/mol. The number of anilines is 3. The smallest absolute Gasteiger partial charge is 0.164 e. The van der Waals surface area contributed by atoms with Crippen LogP contribution >= 0.6 is 0 Å². The highest BCUT2D eigenvalue weighted by atomic mass is 15.2. The molecule has 0 N–H and O–H groups in total. The van der Waals surface area contributed by atoms with E-state index < -0.39 is 0 Å². The molecule has 1 aromatic heterocycles. The maximum atomic E-state index is 5.55. The van der Waals surface area contributed by atoms with E-state index in [0.29, 0.717) is 17.5 Å². The molecule has 8 aromatic rings. The number of para-hydroxylation sites is 2. The van der Waals surface area contributed by atoms with Crippen LogP contribution in [0.4, 0.5) is 17.1 Å². The van der Waals surface area contributed by atoms with Gasteiger partial charge in [-0.1, -0.05) is 171 Å². The number of nitrogens with zero attached hydrogens (tertiary/aromatic N) is 4. The lowest BCUT2D eigenvalue weighted by Crippen LogP contribution is -2.38. The SMILES string of the molecule is CC1(C)c2ccccc2C2c3ccccc3C(C)(C)c3cc(-c4nc(-c5ccccc5)nc(-c5cc6c7c(c5)C(C)(C)c5ccccc5N7c5ccccc5C6(C)C)n4)cc1c32. The van der Waals surface area contributed by atoms with E-state index in [2.05, 4.69) is 212 Å². The number of aromatic nitrogens is 3. The second kappa shape index (κ2) is 12.5. The van der Waals surface area contributed by atoms with Crippen molar-refractivity contribution in [3.05, 3.63) is 213 Å². The summed E-state index contributed by atoms with van der Waals surface area (Å²) in [5.74, 6) is 2.20. The maximum Gasteiger partial charge on any atom is 0.164 e. The van der Waals surface area contributed by atoms with Crippen molar-refractivity contribution >= 4 is 17.1 Å². The average molecular weight is 803 g/mol. The lowest BCUT2D eigenvalue weighted by molar-refractivity contribution is 0.548. The summed E-state index contributed by atoms with van der Waals surface area (Å²) in [4.78, 5) is 18.8. The summed E-state index contributed by atoms with van der Waals surface area (Å²) < 4.78 is 0. The zero-order valence-corrected chi connectivity index (χ0v) is 36.8. The first-order valence-electron chi connectivity index (χ1n) is 22.2. The Bertz CT molecular complexity index is 2850. The van der Waals surface area contributed by atoms with E-state index in [9.17, 15) is 0 Å². The fourth-order valence-corrected chi connectivity index (χ4v) is 11.9. The molecule has 0 spiro atoms. The Kier molecular flexibility index (Phi) is 7.47. The van der Waals surface area contributed by atoms with Gasteiger partial charge in [0.25, 0.3) is 0 Å². The summed E-state index contributed by atoms with van der Waals surface area (Å²) in [7, 11) is 0. The standard InChI is InChI=1S/C58H50N4/c1-55(2)39-24-14-12-22-37(39)49-38-23-13-15-25-40(38)56(3,4)44-31-35(30-43(55)50(44)49)53-59-52(34-20-10-9-11-21-34)60-54(61-53)36-32-45-51-46(33-36)58(7,8)42-27-17-19-29-48(42)62(51)47-28-18-16-26-41(47)57(45,5)6/h9-33,49H,1-8H3. The van der Waals surface area contributed by atoms with Crippen LogP contribution in [-0.2, 0) is 21.7 Å². The summed E-state index contributed by atoms with van der Waals surface area (Å²) in [6.45, 7) is 19.1. The van der Waals surface area contributed by atoms with E-state index in [1.807, 2.05) is 0 Å². The molecule has 0 amide bonds. The molecule has 4 heteroatoms. The Balaban J connectivity index is 1.13. The molecule has 4 nitrogen and oxygen atoms in total. The molecule has 0 saturated carbocycles. The van der Waals surface area contributed by atoms with Gasteiger partial charge in [0.05, 0.1) is 17.1 Å². The predicted molar refractivity (Wildman–Crippen MR) is 253 cm³/mol. The van der Waals surface area contributed by atoms with Crippen molar-refractivity contribution in [2.24, 2.45) is 0 Å². The molecule has 0 unspecified atom stereocenters. The van der Waals surface area contributed by atoms with Crippen LogP contribution in [0.5, 0.6) is 0 Å². The van der Waals surface area contributed by atoms with E-state index in [0.717, 1.165) is 16.7 Å². The van der Waals surface area contributed by atoms with Gasteiger partial charge in [0.15, 0.2) is 17.5 Å². The van der Waals surface area contributed by atoms with Crippen molar-refractivity contribution in [2.45, 2.75) is 83.0 Å². The van der Waals surface area contributed by atoms with E-state index in [1.54, 1.807) is 0 Å². The molecule has 12 rings (SSSR count). The van der Waals surface area contributed by atoms with Crippen LogP contribution in [0.25, 0.3) is 34.2 Å². The minimum Gasteiger partial charge on any atom is -0.309 e. The molecular formula is C58H50N4. The van der Waals surface area contributed by atoms with Crippen molar-refractivity contribution in [3.8, 4) is 34.2 Å². The van der Waals surface area contributed by atoms with Crippen LogP contribution in [0.3, 0.4) is 0 Å². The molecule has 4 aliphatic rings. The predicted octanol–water partition coefficient (Wildman–Crippen LogP) is 14.1. The summed E-state index contributed by atoms with van der Waals surface area (Å²) in [5.41, 5.74) is 20.5. The van der Waals surface area contributed by atoms with Crippen LogP contribution in [-0.4, -0.2) is 15.0 Å². The number of rotatable bonds is 3. The van der Waals surface area contributed by atoms with Gasteiger partial charge in [-0.25, -0.2) is 15.0 Å². The minimum absolute atomic E-state index is 0.158. The van der Waals surface area contributed by atoms with Gasteiger partial charge in [-0.2, -0.15) is 0 Å². The van der Waals surface area contributed by atoms with Gasteiger partial charge in [0.2, 0.25) is 0 Å². The third-order valence-electron chi connectivity index (χ3n) is 15.2.